The summed E-state index contributed by atoms with van der Waals surface area (Å²) in [6.07, 6.45) is 0. The molecule has 0 rings (SSSR count). The Balaban J connectivity index is 5.71. The van der Waals surface area contributed by atoms with Crippen LogP contribution in [0.2, 0.25) is 3.43 Å². The molecule has 0 aliphatic carbocycles. The Labute approximate surface area is 114 Å². The van der Waals surface area contributed by atoms with Gasteiger partial charge in [0.15, 0.2) is 0 Å². The summed E-state index contributed by atoms with van der Waals surface area (Å²) in [5.41, 5.74) is 0. The van der Waals surface area contributed by atoms with E-state index in [0.29, 0.717) is 3.43 Å². The molecule has 0 bridgehead atoms. The third-order valence-corrected chi connectivity index (χ3v) is 21.6. The average Bonchev–Trinajstić information content (AvgIpc) is 2.26. The van der Waals surface area contributed by atoms with Gasteiger partial charge in [-0.15, -0.1) is 0 Å². The second kappa shape index (κ2) is 6.73. The summed E-state index contributed by atoms with van der Waals surface area (Å²) >= 11 is -2.71. The van der Waals surface area contributed by atoms with E-state index in [4.69, 9.17) is 0 Å². The molecule has 0 spiro atoms. The molecule has 4 heteroatoms. The molecule has 0 N–H and O–H groups in total. The van der Waals surface area contributed by atoms with E-state index < -0.39 is 19.2 Å². The van der Waals surface area contributed by atoms with Crippen LogP contribution in [0.25, 0.3) is 0 Å². The van der Waals surface area contributed by atoms with Crippen LogP contribution in [0.1, 0.15) is 41.5 Å². The number of hydrogen-bond acceptors (Lipinski definition) is 3. The second-order valence-electron chi connectivity index (χ2n) is 5.93. The zero-order chi connectivity index (χ0) is 13.9. The van der Waals surface area contributed by atoms with Crippen LogP contribution >= 0.6 is 0 Å². The molecule has 0 aromatic heterocycles. The predicted molar refractivity (Wildman–Crippen MR) is 80.4 cm³/mol. The van der Waals surface area contributed by atoms with Gasteiger partial charge in [-0.3, -0.25) is 0 Å². The first-order chi connectivity index (χ1) is 7.69. The molecule has 0 aliphatic rings. The SMILES string of the molecule is CC[N](C)[Sn]([N](C)CC)([N](C)CC)[C](C)(C)C. The first-order valence-electron chi connectivity index (χ1n) is 6.83. The van der Waals surface area contributed by atoms with E-state index in [1.54, 1.807) is 0 Å². The van der Waals surface area contributed by atoms with Crippen molar-refractivity contribution >= 4 is 19.2 Å². The molecule has 0 saturated heterocycles. The van der Waals surface area contributed by atoms with Crippen LogP contribution in [0.5, 0.6) is 0 Å². The molecule has 0 saturated carbocycles. The van der Waals surface area contributed by atoms with Gasteiger partial charge in [0.05, 0.1) is 0 Å². The summed E-state index contributed by atoms with van der Waals surface area (Å²) in [5.74, 6) is 0. The molecule has 0 amide bonds. The Kier molecular flexibility index (Phi) is 7.00. The van der Waals surface area contributed by atoms with Gasteiger partial charge in [-0.05, 0) is 0 Å². The van der Waals surface area contributed by atoms with Gasteiger partial charge in [0.1, 0.15) is 0 Å². The van der Waals surface area contributed by atoms with Gasteiger partial charge in [-0.25, -0.2) is 0 Å². The number of nitrogens with zero attached hydrogens (tertiary/aromatic N) is 3. The Hall–Kier alpha value is 0.679. The minimum absolute atomic E-state index is 0.370. The van der Waals surface area contributed by atoms with E-state index in [1.807, 2.05) is 0 Å². The van der Waals surface area contributed by atoms with Gasteiger partial charge in [0, 0.05) is 0 Å². The van der Waals surface area contributed by atoms with Gasteiger partial charge in [-0.2, -0.15) is 0 Å². The molecular formula is C13H33N3Sn. The molecule has 17 heavy (non-hydrogen) atoms. The first kappa shape index (κ1) is 17.7. The predicted octanol–water partition coefficient (Wildman–Crippen LogP) is 2.58. The van der Waals surface area contributed by atoms with Gasteiger partial charge < -0.3 is 0 Å². The standard InChI is InChI=1S/C4H9.3C3H8N.Sn/c1-4(2)3;3*1-3-4-2;/h1-3H3;3*3H2,1-2H3;/q;3*-1;+3. The van der Waals surface area contributed by atoms with Crippen molar-refractivity contribution in [2.45, 2.75) is 45.0 Å². The van der Waals surface area contributed by atoms with Gasteiger partial charge in [-0.1, -0.05) is 0 Å². The molecule has 0 atom stereocenters. The van der Waals surface area contributed by atoms with Crippen molar-refractivity contribution in [3.05, 3.63) is 0 Å². The molecule has 0 aliphatic heterocycles. The molecular weight excluding hydrogens is 317 g/mol. The molecule has 104 valence electrons. The van der Waals surface area contributed by atoms with Crippen molar-refractivity contribution in [1.29, 1.82) is 0 Å². The van der Waals surface area contributed by atoms with Crippen LogP contribution < -0.4 is 0 Å². The summed E-state index contributed by atoms with van der Waals surface area (Å²) in [5, 5.41) is 0. The molecule has 0 heterocycles. The van der Waals surface area contributed by atoms with Crippen molar-refractivity contribution in [3.8, 4) is 0 Å². The Morgan fingerprint density at radius 3 is 1.06 bits per heavy atom. The third kappa shape index (κ3) is 3.17. The fourth-order valence-electron chi connectivity index (χ4n) is 3.25. The van der Waals surface area contributed by atoms with E-state index in [-0.39, 0.29) is 0 Å². The molecule has 0 fully saturated rings. The van der Waals surface area contributed by atoms with Crippen LogP contribution in [0, 0.1) is 0 Å². The van der Waals surface area contributed by atoms with E-state index in [1.165, 1.54) is 0 Å². The zero-order valence-corrected chi connectivity index (χ0v) is 16.3. The van der Waals surface area contributed by atoms with Crippen molar-refractivity contribution in [2.24, 2.45) is 0 Å². The Bertz CT molecular complexity index is 199. The van der Waals surface area contributed by atoms with E-state index in [2.05, 4.69) is 72.1 Å². The van der Waals surface area contributed by atoms with Crippen molar-refractivity contribution in [3.63, 3.8) is 0 Å². The van der Waals surface area contributed by atoms with Crippen LogP contribution in [-0.4, -0.2) is 69.3 Å². The molecule has 0 aromatic carbocycles. The second-order valence-corrected chi connectivity index (χ2v) is 20.4. The maximum absolute atomic E-state index is 2.71. The van der Waals surface area contributed by atoms with Crippen molar-refractivity contribution in [2.75, 3.05) is 40.8 Å². The molecule has 0 unspecified atom stereocenters. The normalized spacial score (nSPS) is 14.1. The quantitative estimate of drug-likeness (QED) is 0.682. The summed E-state index contributed by atoms with van der Waals surface area (Å²) in [7, 11) is 6.96. The van der Waals surface area contributed by atoms with Gasteiger partial charge in [0.2, 0.25) is 0 Å². The monoisotopic (exact) mass is 351 g/mol. The van der Waals surface area contributed by atoms with Crippen molar-refractivity contribution < 1.29 is 0 Å². The fraction of sp³-hybridized carbons (Fsp3) is 1.00. The summed E-state index contributed by atoms with van der Waals surface area (Å²) in [4.78, 5) is 0. The summed E-state index contributed by atoms with van der Waals surface area (Å²) < 4.78 is 8.38. The third-order valence-electron chi connectivity index (χ3n) is 4.03. The number of rotatable bonds is 6. The van der Waals surface area contributed by atoms with Gasteiger partial charge >= 0.3 is 114 Å². The Morgan fingerprint density at radius 1 is 0.706 bits per heavy atom. The van der Waals surface area contributed by atoms with Crippen LogP contribution in [0.4, 0.5) is 0 Å². The van der Waals surface area contributed by atoms with E-state index >= 15 is 0 Å². The fourth-order valence-corrected chi connectivity index (χ4v) is 21.8. The van der Waals surface area contributed by atoms with Crippen molar-refractivity contribution in [1.82, 2.24) is 9.36 Å². The van der Waals surface area contributed by atoms with Crippen LogP contribution in [0.3, 0.4) is 0 Å². The maximum atomic E-state index is 2.67. The topological polar surface area (TPSA) is 9.72 Å². The number of hydrogen-bond donors (Lipinski definition) is 0. The first-order valence-corrected chi connectivity index (χ1v) is 12.1. The van der Waals surface area contributed by atoms with E-state index in [9.17, 15) is 0 Å². The minimum atomic E-state index is -2.71. The summed E-state index contributed by atoms with van der Waals surface area (Å²) in [6, 6.07) is 0. The molecule has 3 nitrogen and oxygen atoms in total. The average molecular weight is 350 g/mol. The zero-order valence-electron chi connectivity index (χ0n) is 13.5. The molecule has 0 radical (unpaired) electrons. The van der Waals surface area contributed by atoms with Crippen LogP contribution in [-0.2, 0) is 0 Å². The van der Waals surface area contributed by atoms with Crippen LogP contribution in [0.15, 0.2) is 0 Å². The summed E-state index contributed by atoms with van der Waals surface area (Å²) in [6.45, 7) is 17.5. The molecule has 0 aromatic rings. The van der Waals surface area contributed by atoms with Gasteiger partial charge in [0.25, 0.3) is 0 Å². The van der Waals surface area contributed by atoms with E-state index in [0.717, 1.165) is 19.6 Å². The Morgan fingerprint density at radius 2 is 0.941 bits per heavy atom.